The smallest absolute Gasteiger partial charge is 0.228 e. The van der Waals surface area contributed by atoms with Gasteiger partial charge in [-0.2, -0.15) is 0 Å². The summed E-state index contributed by atoms with van der Waals surface area (Å²) in [4.78, 5) is 14.9. The van der Waals surface area contributed by atoms with Crippen LogP contribution in [0.25, 0.3) is 0 Å². The van der Waals surface area contributed by atoms with Gasteiger partial charge in [0.05, 0.1) is 12.5 Å². The third kappa shape index (κ3) is 4.24. The molecule has 4 heteroatoms. The molecular formula is C26H28N2O2. The Hall–Kier alpha value is -3.11. The van der Waals surface area contributed by atoms with E-state index in [0.717, 1.165) is 37.4 Å². The van der Waals surface area contributed by atoms with Crippen LogP contribution in [0.1, 0.15) is 23.1 Å². The highest BCUT2D eigenvalue weighted by Gasteiger charge is 2.60. The lowest BCUT2D eigenvalue weighted by Crippen LogP contribution is -2.34. The standard InChI is InChI=1S/C26H28N2O2/c1-30-24-14-8-11-21(15-24)18-28(17-20-9-4-2-5-10-20)19-23-16-26(23,25(27)29)22-12-6-3-7-13-22/h2-15,23H,16-19H2,1H3,(H2,27,29)/t23-,26+/m1/s1. The van der Waals surface area contributed by atoms with Crippen molar-refractivity contribution in [2.24, 2.45) is 11.7 Å². The van der Waals surface area contributed by atoms with Crippen molar-refractivity contribution in [1.29, 1.82) is 0 Å². The molecule has 1 aliphatic rings. The summed E-state index contributed by atoms with van der Waals surface area (Å²) in [5.74, 6) is 0.848. The summed E-state index contributed by atoms with van der Waals surface area (Å²) < 4.78 is 5.39. The molecule has 1 fully saturated rings. The predicted molar refractivity (Wildman–Crippen MR) is 119 cm³/mol. The fraction of sp³-hybridized carbons (Fsp3) is 0.269. The fourth-order valence-corrected chi connectivity index (χ4v) is 4.45. The molecule has 2 atom stereocenters. The zero-order valence-corrected chi connectivity index (χ0v) is 17.3. The van der Waals surface area contributed by atoms with Crippen molar-refractivity contribution < 1.29 is 9.53 Å². The van der Waals surface area contributed by atoms with E-state index in [0.29, 0.717) is 0 Å². The van der Waals surface area contributed by atoms with Gasteiger partial charge in [0.15, 0.2) is 0 Å². The molecule has 3 aromatic carbocycles. The van der Waals surface area contributed by atoms with E-state index in [-0.39, 0.29) is 11.8 Å². The van der Waals surface area contributed by atoms with Crippen molar-refractivity contribution in [1.82, 2.24) is 4.90 Å². The number of nitrogens with two attached hydrogens (primary N) is 1. The number of ether oxygens (including phenoxy) is 1. The third-order valence-electron chi connectivity index (χ3n) is 6.10. The first-order chi connectivity index (χ1) is 14.6. The molecule has 0 aliphatic heterocycles. The number of rotatable bonds is 9. The average Bonchev–Trinajstić information content (AvgIpc) is 3.50. The lowest BCUT2D eigenvalue weighted by molar-refractivity contribution is -0.120. The Labute approximate surface area is 178 Å². The van der Waals surface area contributed by atoms with Gasteiger partial charge in [0, 0.05) is 19.6 Å². The van der Waals surface area contributed by atoms with Crippen molar-refractivity contribution >= 4 is 5.91 Å². The van der Waals surface area contributed by atoms with E-state index < -0.39 is 5.41 Å². The second-order valence-electron chi connectivity index (χ2n) is 8.11. The van der Waals surface area contributed by atoms with Gasteiger partial charge in [-0.25, -0.2) is 0 Å². The highest BCUT2D eigenvalue weighted by Crippen LogP contribution is 2.54. The summed E-state index contributed by atoms with van der Waals surface area (Å²) in [6.07, 6.45) is 0.801. The van der Waals surface area contributed by atoms with Crippen LogP contribution in [0.15, 0.2) is 84.9 Å². The molecule has 4 nitrogen and oxygen atoms in total. The summed E-state index contributed by atoms with van der Waals surface area (Å²) in [6, 6.07) is 28.6. The summed E-state index contributed by atoms with van der Waals surface area (Å²) >= 11 is 0. The van der Waals surface area contributed by atoms with Crippen LogP contribution in [0, 0.1) is 5.92 Å². The second kappa shape index (κ2) is 8.72. The summed E-state index contributed by atoms with van der Waals surface area (Å²) in [7, 11) is 1.69. The number of methoxy groups -OCH3 is 1. The second-order valence-corrected chi connectivity index (χ2v) is 8.11. The first kappa shape index (κ1) is 20.2. The van der Waals surface area contributed by atoms with Gasteiger partial charge >= 0.3 is 0 Å². The van der Waals surface area contributed by atoms with E-state index >= 15 is 0 Å². The Balaban J connectivity index is 1.56. The van der Waals surface area contributed by atoms with Gasteiger partial charge in [-0.1, -0.05) is 72.8 Å². The maximum atomic E-state index is 12.5. The lowest BCUT2D eigenvalue weighted by atomic mass is 9.92. The van der Waals surface area contributed by atoms with Crippen molar-refractivity contribution in [3.05, 3.63) is 102 Å². The van der Waals surface area contributed by atoms with Crippen LogP contribution in [0.5, 0.6) is 5.75 Å². The largest absolute Gasteiger partial charge is 0.497 e. The van der Waals surface area contributed by atoms with Crippen LogP contribution < -0.4 is 10.5 Å². The van der Waals surface area contributed by atoms with Crippen LogP contribution in [-0.4, -0.2) is 24.5 Å². The van der Waals surface area contributed by atoms with Gasteiger partial charge in [-0.3, -0.25) is 9.69 Å². The van der Waals surface area contributed by atoms with Gasteiger partial charge < -0.3 is 10.5 Å². The third-order valence-corrected chi connectivity index (χ3v) is 6.10. The monoisotopic (exact) mass is 400 g/mol. The van der Waals surface area contributed by atoms with Gasteiger partial charge in [0.2, 0.25) is 5.91 Å². The molecule has 0 spiro atoms. The Morgan fingerprint density at radius 1 is 0.967 bits per heavy atom. The molecule has 0 aromatic heterocycles. The molecular weight excluding hydrogens is 372 g/mol. The first-order valence-electron chi connectivity index (χ1n) is 10.4. The highest BCUT2D eigenvalue weighted by molar-refractivity contribution is 5.90. The molecule has 0 bridgehead atoms. The summed E-state index contributed by atoms with van der Waals surface area (Å²) in [6.45, 7) is 2.41. The Kier molecular flexibility index (Phi) is 5.86. The zero-order valence-electron chi connectivity index (χ0n) is 17.3. The summed E-state index contributed by atoms with van der Waals surface area (Å²) in [5, 5.41) is 0. The van der Waals surface area contributed by atoms with Gasteiger partial charge in [0.1, 0.15) is 5.75 Å². The van der Waals surface area contributed by atoms with E-state index in [4.69, 9.17) is 10.5 Å². The van der Waals surface area contributed by atoms with Crippen LogP contribution >= 0.6 is 0 Å². The van der Waals surface area contributed by atoms with Crippen LogP contribution in [0.4, 0.5) is 0 Å². The van der Waals surface area contributed by atoms with Crippen molar-refractivity contribution in [2.45, 2.75) is 24.9 Å². The van der Waals surface area contributed by atoms with Gasteiger partial charge in [-0.15, -0.1) is 0 Å². The van der Waals surface area contributed by atoms with Crippen molar-refractivity contribution in [3.63, 3.8) is 0 Å². The maximum Gasteiger partial charge on any atom is 0.228 e. The minimum absolute atomic E-state index is 0.215. The number of hydrogen-bond acceptors (Lipinski definition) is 3. The van der Waals surface area contributed by atoms with Gasteiger partial charge in [0.25, 0.3) is 0 Å². The number of nitrogens with zero attached hydrogens (tertiary/aromatic N) is 1. The molecule has 1 saturated carbocycles. The molecule has 0 radical (unpaired) electrons. The predicted octanol–water partition coefficient (Wildman–Crippen LogP) is 4.14. The number of carbonyl (C=O) groups excluding carboxylic acids is 1. The molecule has 30 heavy (non-hydrogen) atoms. The Bertz CT molecular complexity index is 990. The average molecular weight is 401 g/mol. The van der Waals surface area contributed by atoms with E-state index in [9.17, 15) is 4.79 Å². The molecule has 2 N–H and O–H groups in total. The number of carbonyl (C=O) groups is 1. The van der Waals surface area contributed by atoms with E-state index in [1.54, 1.807) is 7.11 Å². The normalized spacial score (nSPS) is 20.1. The van der Waals surface area contributed by atoms with Crippen molar-refractivity contribution in [3.8, 4) is 5.75 Å². The lowest BCUT2D eigenvalue weighted by Gasteiger charge is -2.24. The number of primary amides is 1. The number of amides is 1. The van der Waals surface area contributed by atoms with E-state index in [1.807, 2.05) is 48.5 Å². The molecule has 1 aliphatic carbocycles. The molecule has 154 valence electrons. The zero-order chi connectivity index (χ0) is 21.0. The topological polar surface area (TPSA) is 55.6 Å². The molecule has 1 amide bonds. The Morgan fingerprint density at radius 2 is 1.60 bits per heavy atom. The highest BCUT2D eigenvalue weighted by atomic mass is 16.5. The number of benzene rings is 3. The van der Waals surface area contributed by atoms with Crippen LogP contribution in [0.2, 0.25) is 0 Å². The fourth-order valence-electron chi connectivity index (χ4n) is 4.45. The van der Waals surface area contributed by atoms with Crippen molar-refractivity contribution in [2.75, 3.05) is 13.7 Å². The summed E-state index contributed by atoms with van der Waals surface area (Å²) in [5.41, 5.74) is 8.83. The molecule has 0 unspecified atom stereocenters. The van der Waals surface area contributed by atoms with Gasteiger partial charge in [-0.05, 0) is 41.2 Å². The van der Waals surface area contributed by atoms with Crippen LogP contribution in [-0.2, 0) is 23.3 Å². The van der Waals surface area contributed by atoms with E-state index in [1.165, 1.54) is 11.1 Å². The first-order valence-corrected chi connectivity index (χ1v) is 10.4. The molecule has 4 rings (SSSR count). The molecule has 0 saturated heterocycles. The SMILES string of the molecule is COc1cccc(CN(Cc2ccccc2)C[C@H]2C[C@]2(C(N)=O)c2ccccc2)c1. The van der Waals surface area contributed by atoms with Crippen LogP contribution in [0.3, 0.4) is 0 Å². The van der Waals surface area contributed by atoms with E-state index in [2.05, 4.69) is 41.3 Å². The Morgan fingerprint density at radius 3 is 2.27 bits per heavy atom. The quantitative estimate of drug-likeness (QED) is 0.587. The maximum absolute atomic E-state index is 12.5. The molecule has 3 aromatic rings. The molecule has 0 heterocycles. The number of hydrogen-bond donors (Lipinski definition) is 1. The minimum Gasteiger partial charge on any atom is -0.497 e. The minimum atomic E-state index is -0.551.